The lowest BCUT2D eigenvalue weighted by molar-refractivity contribution is -0.160. The van der Waals surface area contributed by atoms with E-state index in [4.69, 9.17) is 21.4 Å². The van der Waals surface area contributed by atoms with Crippen LogP contribution in [0.3, 0.4) is 0 Å². The molecule has 2 atom stereocenters. The summed E-state index contributed by atoms with van der Waals surface area (Å²) in [7, 11) is 0. The molecule has 1 fully saturated rings. The van der Waals surface area contributed by atoms with Gasteiger partial charge >= 0.3 is 5.97 Å². The van der Waals surface area contributed by atoms with Crippen molar-refractivity contribution in [2.24, 2.45) is 0 Å². The Balaban J connectivity index is 1.97. The number of ether oxygens (including phenoxy) is 1. The summed E-state index contributed by atoms with van der Waals surface area (Å²) in [5.74, 6) is -1.35. The van der Waals surface area contributed by atoms with Crippen LogP contribution in [0, 0.1) is 0 Å². The number of nitrogens with zero attached hydrogens (tertiary/aromatic N) is 2. The van der Waals surface area contributed by atoms with Crippen LogP contribution in [0.2, 0.25) is 5.02 Å². The number of hydrogen-bond donors (Lipinski definition) is 1. The molecule has 6 nitrogen and oxygen atoms in total. The monoisotopic (exact) mass is 334 g/mol. The van der Waals surface area contributed by atoms with E-state index in [0.717, 1.165) is 0 Å². The minimum Gasteiger partial charge on any atom is -0.479 e. The largest absolute Gasteiger partial charge is 0.479 e. The van der Waals surface area contributed by atoms with E-state index in [0.29, 0.717) is 28.0 Å². The van der Waals surface area contributed by atoms with Gasteiger partial charge in [0.1, 0.15) is 0 Å². The third-order valence-electron chi connectivity index (χ3n) is 3.77. The first-order valence-electron chi connectivity index (χ1n) is 7.18. The van der Waals surface area contributed by atoms with E-state index < -0.39 is 12.1 Å². The first-order valence-corrected chi connectivity index (χ1v) is 7.56. The van der Waals surface area contributed by atoms with Gasteiger partial charge in [0.2, 0.25) is 0 Å². The molecule has 1 aliphatic rings. The summed E-state index contributed by atoms with van der Waals surface area (Å²) in [6.07, 6.45) is 0.229. The molecule has 1 aliphatic heterocycles. The predicted octanol–water partition coefficient (Wildman–Crippen LogP) is 2.20. The van der Waals surface area contributed by atoms with Crippen molar-refractivity contribution in [2.45, 2.75) is 19.1 Å². The second kappa shape index (κ2) is 6.14. The highest BCUT2D eigenvalue weighted by Crippen LogP contribution is 2.26. The number of fused-ring (bicyclic) bond motifs is 1. The highest BCUT2D eigenvalue weighted by Gasteiger charge is 2.33. The molecule has 1 saturated heterocycles. The van der Waals surface area contributed by atoms with Crippen LogP contribution < -0.4 is 0 Å². The number of carboxylic acids is 1. The summed E-state index contributed by atoms with van der Waals surface area (Å²) >= 11 is 6.14. The van der Waals surface area contributed by atoms with Crippen LogP contribution in [0.15, 0.2) is 30.5 Å². The highest BCUT2D eigenvalue weighted by molar-refractivity contribution is 6.36. The normalized spacial score (nSPS) is 21.4. The zero-order valence-electron chi connectivity index (χ0n) is 12.4. The number of pyridine rings is 1. The van der Waals surface area contributed by atoms with Crippen LogP contribution in [-0.4, -0.2) is 52.2 Å². The van der Waals surface area contributed by atoms with Gasteiger partial charge in [-0.05, 0) is 31.2 Å². The van der Waals surface area contributed by atoms with Crippen molar-refractivity contribution in [1.29, 1.82) is 0 Å². The van der Waals surface area contributed by atoms with Crippen molar-refractivity contribution in [3.8, 4) is 0 Å². The molecule has 0 aliphatic carbocycles. The number of amides is 1. The fraction of sp³-hybridized carbons (Fsp3) is 0.312. The maximum absolute atomic E-state index is 12.8. The maximum atomic E-state index is 12.8. The van der Waals surface area contributed by atoms with Gasteiger partial charge in [-0.1, -0.05) is 11.6 Å². The Morgan fingerprint density at radius 1 is 1.35 bits per heavy atom. The quantitative estimate of drug-likeness (QED) is 0.910. The van der Waals surface area contributed by atoms with Gasteiger partial charge in [-0.2, -0.15) is 0 Å². The van der Waals surface area contributed by atoms with E-state index in [1.165, 1.54) is 4.90 Å². The average Bonchev–Trinajstić information content (AvgIpc) is 2.54. The summed E-state index contributed by atoms with van der Waals surface area (Å²) < 4.78 is 5.34. The van der Waals surface area contributed by atoms with Crippen LogP contribution in [0.4, 0.5) is 0 Å². The lowest BCUT2D eigenvalue weighted by atomic mass is 10.1. The van der Waals surface area contributed by atoms with Crippen LogP contribution in [0.25, 0.3) is 10.9 Å². The molecule has 2 heterocycles. The van der Waals surface area contributed by atoms with Crippen LogP contribution in [0.1, 0.15) is 17.3 Å². The molecule has 1 amide bonds. The summed E-state index contributed by atoms with van der Waals surface area (Å²) in [6.45, 7) is 2.09. The number of morpholine rings is 1. The third-order valence-corrected chi connectivity index (χ3v) is 4.10. The Hall–Kier alpha value is -2.18. The number of hydrogen-bond acceptors (Lipinski definition) is 4. The van der Waals surface area contributed by atoms with Gasteiger partial charge in [0.25, 0.3) is 5.91 Å². The van der Waals surface area contributed by atoms with Gasteiger partial charge in [-0.25, -0.2) is 4.79 Å². The molecule has 0 radical (unpaired) electrons. The van der Waals surface area contributed by atoms with Crippen LogP contribution in [-0.2, 0) is 9.53 Å². The zero-order chi connectivity index (χ0) is 16.6. The predicted molar refractivity (Wildman–Crippen MR) is 84.6 cm³/mol. The van der Waals surface area contributed by atoms with Crippen molar-refractivity contribution in [3.05, 3.63) is 41.0 Å². The van der Waals surface area contributed by atoms with E-state index in [-0.39, 0.29) is 18.6 Å². The number of aromatic nitrogens is 1. The van der Waals surface area contributed by atoms with E-state index in [1.807, 2.05) is 0 Å². The average molecular weight is 335 g/mol. The molecule has 1 aromatic heterocycles. The van der Waals surface area contributed by atoms with E-state index in [2.05, 4.69) is 4.98 Å². The van der Waals surface area contributed by atoms with Gasteiger partial charge in [0, 0.05) is 18.1 Å². The zero-order valence-corrected chi connectivity index (χ0v) is 13.2. The maximum Gasteiger partial charge on any atom is 0.334 e. The Labute approximate surface area is 137 Å². The van der Waals surface area contributed by atoms with Gasteiger partial charge in [-0.15, -0.1) is 0 Å². The van der Waals surface area contributed by atoms with Crippen molar-refractivity contribution < 1.29 is 19.4 Å². The molecule has 1 N–H and O–H groups in total. The van der Waals surface area contributed by atoms with Gasteiger partial charge < -0.3 is 14.7 Å². The standard InChI is InChI=1S/C16H15ClN2O4/c1-9-7-19(8-13(23-9)16(21)22)15(20)11-4-5-12(17)10-3-2-6-18-14(10)11/h2-6,9,13H,7-8H2,1H3,(H,21,22)/t9-,13?/m1/s1. The summed E-state index contributed by atoms with van der Waals surface area (Å²) in [5.41, 5.74) is 0.916. The second-order valence-corrected chi connectivity index (χ2v) is 5.89. The minimum atomic E-state index is -1.08. The number of aliphatic carboxylic acids is 1. The molecule has 0 bridgehead atoms. The Kier molecular flexibility index (Phi) is 4.19. The fourth-order valence-corrected chi connectivity index (χ4v) is 2.95. The number of rotatable bonds is 2. The molecule has 0 spiro atoms. The molecule has 7 heteroatoms. The van der Waals surface area contributed by atoms with E-state index >= 15 is 0 Å². The highest BCUT2D eigenvalue weighted by atomic mass is 35.5. The molecule has 1 unspecified atom stereocenters. The van der Waals surface area contributed by atoms with Crippen molar-refractivity contribution in [3.63, 3.8) is 0 Å². The van der Waals surface area contributed by atoms with E-state index in [1.54, 1.807) is 37.4 Å². The van der Waals surface area contributed by atoms with Crippen LogP contribution >= 0.6 is 11.6 Å². The first-order chi connectivity index (χ1) is 11.0. The molecule has 2 aromatic rings. The van der Waals surface area contributed by atoms with Crippen molar-refractivity contribution >= 4 is 34.4 Å². The van der Waals surface area contributed by atoms with Gasteiger partial charge in [-0.3, -0.25) is 9.78 Å². The summed E-state index contributed by atoms with van der Waals surface area (Å²) in [5, 5.41) is 10.3. The van der Waals surface area contributed by atoms with E-state index in [9.17, 15) is 9.59 Å². The summed E-state index contributed by atoms with van der Waals surface area (Å²) in [4.78, 5) is 29.7. The molecule has 0 saturated carbocycles. The number of carbonyl (C=O) groups excluding carboxylic acids is 1. The molecule has 3 rings (SSSR count). The molecule has 1 aromatic carbocycles. The molecular weight excluding hydrogens is 320 g/mol. The van der Waals surface area contributed by atoms with Crippen LogP contribution in [0.5, 0.6) is 0 Å². The SMILES string of the molecule is C[C@@H]1CN(C(=O)c2ccc(Cl)c3cccnc23)CC(C(=O)O)O1. The van der Waals surface area contributed by atoms with Crippen molar-refractivity contribution in [2.75, 3.05) is 13.1 Å². The lowest BCUT2D eigenvalue weighted by Crippen LogP contribution is -2.51. The number of halogens is 1. The topological polar surface area (TPSA) is 79.7 Å². The lowest BCUT2D eigenvalue weighted by Gasteiger charge is -2.35. The minimum absolute atomic E-state index is 0.00938. The van der Waals surface area contributed by atoms with Gasteiger partial charge in [0.05, 0.1) is 28.8 Å². The molecule has 23 heavy (non-hydrogen) atoms. The number of benzene rings is 1. The fourth-order valence-electron chi connectivity index (χ4n) is 2.73. The Morgan fingerprint density at radius 2 is 2.13 bits per heavy atom. The molecular formula is C16H15ClN2O4. The molecule has 120 valence electrons. The van der Waals surface area contributed by atoms with Crippen molar-refractivity contribution in [1.82, 2.24) is 9.88 Å². The number of carboxylic acid groups (broad SMARTS) is 1. The summed E-state index contributed by atoms with van der Waals surface area (Å²) in [6, 6.07) is 6.82. The number of carbonyl (C=O) groups is 2. The smallest absolute Gasteiger partial charge is 0.334 e. The first kappa shape index (κ1) is 15.7. The Bertz CT molecular complexity index is 780. The third kappa shape index (κ3) is 3.00. The Morgan fingerprint density at radius 3 is 2.87 bits per heavy atom. The second-order valence-electron chi connectivity index (χ2n) is 5.48. The van der Waals surface area contributed by atoms with Gasteiger partial charge in [0.15, 0.2) is 6.10 Å².